The lowest BCUT2D eigenvalue weighted by Crippen LogP contribution is -2.11. The average molecular weight is 522 g/mol. The minimum absolute atomic E-state index is 0.110. The summed E-state index contributed by atoms with van der Waals surface area (Å²) in [4.78, 5) is 36.1. The fourth-order valence-electron chi connectivity index (χ4n) is 3.27. The lowest BCUT2D eigenvalue weighted by atomic mass is 10.2. The van der Waals surface area contributed by atoms with Gasteiger partial charge in [0.2, 0.25) is 12.2 Å². The number of benzene rings is 1. The fraction of sp³-hybridized carbons (Fsp3) is 0.269. The maximum atomic E-state index is 11.1. The van der Waals surface area contributed by atoms with Crippen LogP contribution in [0.15, 0.2) is 60.9 Å². The second-order valence-electron chi connectivity index (χ2n) is 8.72. The molecule has 0 unspecified atom stereocenters. The van der Waals surface area contributed by atoms with Crippen molar-refractivity contribution in [3.05, 3.63) is 83.0 Å². The highest BCUT2D eigenvalue weighted by Gasteiger charge is 2.23. The molecule has 0 spiro atoms. The standard InChI is InChI=1S/C17H16N6O3.C6H5Cl.C3H7N/c24-9-19-14-5-13(21-16(22-14)17(25)26)18-6-12-8-23-7-11(10-1-2-10)3-4-15(23)20-12;7-6-4-2-1-3-5-6;1-4-2-3-4/h3-5,7-10H,1-2,6H2,(H,25,26)(H2,18,19,21,22,24);1-5H;2-3H2,1H3. The highest BCUT2D eigenvalue weighted by molar-refractivity contribution is 6.30. The third kappa shape index (κ3) is 8.26. The fourth-order valence-corrected chi connectivity index (χ4v) is 3.41. The Morgan fingerprint density at radius 3 is 2.35 bits per heavy atom. The lowest BCUT2D eigenvalue weighted by Gasteiger charge is -2.06. The summed E-state index contributed by atoms with van der Waals surface area (Å²) < 4.78 is 1.99. The summed E-state index contributed by atoms with van der Waals surface area (Å²) >= 11 is 5.54. The van der Waals surface area contributed by atoms with Crippen molar-refractivity contribution in [1.29, 1.82) is 0 Å². The molecule has 10 nitrogen and oxygen atoms in total. The van der Waals surface area contributed by atoms with Crippen LogP contribution in [0.3, 0.4) is 0 Å². The quantitative estimate of drug-likeness (QED) is 0.245. The van der Waals surface area contributed by atoms with Crippen LogP contribution in [-0.4, -0.2) is 61.9 Å². The third-order valence-electron chi connectivity index (χ3n) is 5.55. The highest BCUT2D eigenvalue weighted by Crippen LogP contribution is 2.39. The minimum Gasteiger partial charge on any atom is -0.475 e. The Morgan fingerprint density at radius 2 is 1.78 bits per heavy atom. The number of imidazole rings is 1. The van der Waals surface area contributed by atoms with E-state index in [1.54, 1.807) is 0 Å². The SMILES string of the molecule is CN1CC1.Clc1ccccc1.O=CNc1cc(NCc2cn3cc(C4CC4)ccc3n2)nc(C(=O)O)n1. The summed E-state index contributed by atoms with van der Waals surface area (Å²) in [5.74, 6) is -0.606. The molecule has 1 aliphatic heterocycles. The van der Waals surface area contributed by atoms with Gasteiger partial charge in [0, 0.05) is 36.6 Å². The molecule has 1 amide bonds. The monoisotopic (exact) mass is 521 g/mol. The normalized spacial score (nSPS) is 14.0. The number of carbonyl (C=O) groups is 2. The molecule has 0 atom stereocenters. The number of carbonyl (C=O) groups excluding carboxylic acids is 1. The Kier molecular flexibility index (Phi) is 8.65. The van der Waals surface area contributed by atoms with Crippen LogP contribution in [0.25, 0.3) is 5.65 Å². The van der Waals surface area contributed by atoms with Crippen LogP contribution in [-0.2, 0) is 11.3 Å². The molecule has 1 saturated heterocycles. The van der Waals surface area contributed by atoms with Crippen molar-refractivity contribution >= 4 is 41.3 Å². The van der Waals surface area contributed by atoms with Crippen molar-refractivity contribution in [3.63, 3.8) is 0 Å². The van der Waals surface area contributed by atoms with E-state index in [1.807, 2.05) is 47.0 Å². The van der Waals surface area contributed by atoms with Crippen molar-refractivity contribution in [2.24, 2.45) is 0 Å². The van der Waals surface area contributed by atoms with Crippen LogP contribution >= 0.6 is 11.6 Å². The molecule has 2 aliphatic rings. The lowest BCUT2D eigenvalue weighted by molar-refractivity contribution is -0.105. The second kappa shape index (κ2) is 12.3. The Labute approximate surface area is 219 Å². The van der Waals surface area contributed by atoms with E-state index in [1.165, 1.54) is 37.6 Å². The third-order valence-corrected chi connectivity index (χ3v) is 5.80. The van der Waals surface area contributed by atoms with Crippen molar-refractivity contribution in [3.8, 4) is 0 Å². The zero-order chi connectivity index (χ0) is 26.2. The van der Waals surface area contributed by atoms with Gasteiger partial charge in [-0.15, -0.1) is 0 Å². The number of carboxylic acid groups (broad SMARTS) is 1. The number of amides is 1. The first-order valence-corrected chi connectivity index (χ1v) is 12.2. The van der Waals surface area contributed by atoms with E-state index in [0.29, 0.717) is 18.9 Å². The first kappa shape index (κ1) is 26.1. The molecule has 1 saturated carbocycles. The van der Waals surface area contributed by atoms with Crippen LogP contribution in [0.2, 0.25) is 5.02 Å². The Hall–Kier alpha value is -4.02. The van der Waals surface area contributed by atoms with E-state index in [2.05, 4.69) is 49.8 Å². The maximum Gasteiger partial charge on any atom is 0.374 e. The molecule has 0 radical (unpaired) electrons. The molecular weight excluding hydrogens is 494 g/mol. The van der Waals surface area contributed by atoms with Gasteiger partial charge in [0.1, 0.15) is 17.3 Å². The second-order valence-corrected chi connectivity index (χ2v) is 9.15. The maximum absolute atomic E-state index is 11.1. The van der Waals surface area contributed by atoms with Crippen molar-refractivity contribution in [2.75, 3.05) is 30.8 Å². The van der Waals surface area contributed by atoms with Gasteiger partial charge < -0.3 is 25.0 Å². The van der Waals surface area contributed by atoms with E-state index >= 15 is 0 Å². The van der Waals surface area contributed by atoms with E-state index in [-0.39, 0.29) is 11.6 Å². The zero-order valence-electron chi connectivity index (χ0n) is 20.3. The number of likely N-dealkylation sites (N-methyl/N-ethyl adjacent to an activating group) is 1. The largest absolute Gasteiger partial charge is 0.475 e. The summed E-state index contributed by atoms with van der Waals surface area (Å²) in [7, 11) is 2.11. The average Bonchev–Trinajstić information content (AvgIpc) is 3.83. The molecule has 37 heavy (non-hydrogen) atoms. The van der Waals surface area contributed by atoms with Crippen LogP contribution < -0.4 is 10.6 Å². The Balaban J connectivity index is 0.000000239. The summed E-state index contributed by atoms with van der Waals surface area (Å²) in [5.41, 5.74) is 2.96. The zero-order valence-corrected chi connectivity index (χ0v) is 21.1. The predicted octanol–water partition coefficient (Wildman–Crippen LogP) is 4.15. The molecule has 11 heteroatoms. The van der Waals surface area contributed by atoms with Gasteiger partial charge in [0.25, 0.3) is 0 Å². The van der Waals surface area contributed by atoms with Gasteiger partial charge in [-0.2, -0.15) is 0 Å². The van der Waals surface area contributed by atoms with Gasteiger partial charge in [-0.1, -0.05) is 35.9 Å². The number of anilines is 2. The molecule has 3 aromatic heterocycles. The smallest absolute Gasteiger partial charge is 0.374 e. The number of aromatic carboxylic acids is 1. The molecular formula is C26H28ClN7O3. The van der Waals surface area contributed by atoms with Crippen LogP contribution in [0, 0.1) is 0 Å². The van der Waals surface area contributed by atoms with Crippen LogP contribution in [0.5, 0.6) is 0 Å². The number of pyridine rings is 1. The first-order chi connectivity index (χ1) is 17.9. The summed E-state index contributed by atoms with van der Waals surface area (Å²) in [6.07, 6.45) is 6.94. The molecule has 1 aliphatic carbocycles. The number of carboxylic acids is 1. The van der Waals surface area contributed by atoms with Crippen LogP contribution in [0.4, 0.5) is 11.6 Å². The molecule has 4 heterocycles. The van der Waals surface area contributed by atoms with E-state index in [9.17, 15) is 9.59 Å². The van der Waals surface area contributed by atoms with E-state index < -0.39 is 11.8 Å². The number of fused-ring (bicyclic) bond motifs is 1. The van der Waals surface area contributed by atoms with E-state index in [4.69, 9.17) is 16.7 Å². The topological polar surface area (TPSA) is 125 Å². The van der Waals surface area contributed by atoms with Crippen molar-refractivity contribution < 1.29 is 14.7 Å². The first-order valence-electron chi connectivity index (χ1n) is 11.8. The molecule has 3 N–H and O–H groups in total. The number of hydrogen-bond donors (Lipinski definition) is 3. The highest BCUT2D eigenvalue weighted by atomic mass is 35.5. The molecule has 192 valence electrons. The summed E-state index contributed by atoms with van der Waals surface area (Å²) in [6, 6.07) is 15.0. The number of aromatic nitrogens is 4. The number of halogens is 1. The molecule has 4 aromatic rings. The van der Waals surface area contributed by atoms with Crippen molar-refractivity contribution in [1.82, 2.24) is 24.3 Å². The molecule has 2 fully saturated rings. The van der Waals surface area contributed by atoms with Gasteiger partial charge in [0.15, 0.2) is 0 Å². The number of nitrogens with zero attached hydrogens (tertiary/aromatic N) is 5. The van der Waals surface area contributed by atoms with Gasteiger partial charge in [-0.05, 0) is 49.6 Å². The number of hydrogen-bond acceptors (Lipinski definition) is 7. The van der Waals surface area contributed by atoms with Gasteiger partial charge in [-0.3, -0.25) is 4.79 Å². The minimum atomic E-state index is -1.28. The molecule has 6 rings (SSSR count). The predicted molar refractivity (Wildman–Crippen MR) is 142 cm³/mol. The Bertz CT molecular complexity index is 1360. The molecule has 0 bridgehead atoms. The summed E-state index contributed by atoms with van der Waals surface area (Å²) in [6.45, 7) is 3.00. The molecule has 1 aromatic carbocycles. The number of rotatable bonds is 7. The Morgan fingerprint density at radius 1 is 1.08 bits per heavy atom. The number of nitrogens with one attached hydrogen (secondary N) is 2. The van der Waals surface area contributed by atoms with Gasteiger partial charge in [-0.25, -0.2) is 19.7 Å². The summed E-state index contributed by atoms with van der Waals surface area (Å²) in [5, 5.41) is 15.2. The van der Waals surface area contributed by atoms with E-state index in [0.717, 1.165) is 16.4 Å². The van der Waals surface area contributed by atoms with Gasteiger partial charge >= 0.3 is 5.97 Å². The van der Waals surface area contributed by atoms with Gasteiger partial charge in [0.05, 0.1) is 12.2 Å². The van der Waals surface area contributed by atoms with Crippen molar-refractivity contribution in [2.45, 2.75) is 25.3 Å². The van der Waals surface area contributed by atoms with Crippen LogP contribution in [0.1, 0.15) is 40.6 Å².